The molecule has 72 valence electrons. The van der Waals surface area contributed by atoms with Gasteiger partial charge in [0.05, 0.1) is 6.26 Å². The van der Waals surface area contributed by atoms with E-state index >= 15 is 0 Å². The van der Waals surface area contributed by atoms with Gasteiger partial charge in [-0.15, -0.1) is 0 Å². The minimum atomic E-state index is -1.06. The molecule has 0 atom stereocenters. The first-order valence-electron chi connectivity index (χ1n) is 3.99. The van der Waals surface area contributed by atoms with Crippen molar-refractivity contribution in [2.75, 3.05) is 0 Å². The molecule has 0 aromatic carbocycles. The number of rotatable bonds is 2. The predicted molar refractivity (Wildman–Crippen MR) is 50.0 cm³/mol. The van der Waals surface area contributed by atoms with E-state index in [4.69, 9.17) is 9.52 Å². The fourth-order valence-corrected chi connectivity index (χ4v) is 1.14. The normalized spacial score (nSPS) is 9.33. The van der Waals surface area contributed by atoms with Crippen LogP contribution in [0, 0.1) is 0 Å². The second-order valence-corrected chi connectivity index (χ2v) is 2.74. The van der Waals surface area contributed by atoms with Crippen LogP contribution in [0.2, 0.25) is 0 Å². The van der Waals surface area contributed by atoms with Crippen LogP contribution in [0.5, 0.6) is 0 Å². The molecule has 0 fully saturated rings. The maximum atomic E-state index is 10.5. The van der Waals surface area contributed by atoms with Crippen molar-refractivity contribution < 1.29 is 34.6 Å². The summed E-state index contributed by atoms with van der Waals surface area (Å²) in [7, 11) is 0. The molecule has 5 heteroatoms. The molecule has 2 rings (SSSR count). The topological polar surface area (TPSA) is 63.3 Å². The number of nitrogens with zero attached hydrogens (tertiary/aromatic N) is 1. The van der Waals surface area contributed by atoms with Crippen LogP contribution < -0.4 is 18.9 Å². The Morgan fingerprint density at radius 1 is 1.33 bits per heavy atom. The third kappa shape index (κ3) is 2.49. The number of pyridine rings is 1. The fraction of sp³-hybridized carbons (Fsp3) is 0. The summed E-state index contributed by atoms with van der Waals surface area (Å²) in [4.78, 5) is 14.4. The van der Waals surface area contributed by atoms with E-state index in [1.54, 1.807) is 24.5 Å². The second-order valence-electron chi connectivity index (χ2n) is 2.74. The van der Waals surface area contributed by atoms with Gasteiger partial charge in [0.2, 0.25) is 5.76 Å². The van der Waals surface area contributed by atoms with E-state index in [0.717, 1.165) is 11.1 Å². The monoisotopic (exact) mass is 197 g/mol. The zero-order valence-corrected chi connectivity index (χ0v) is 8.18. The van der Waals surface area contributed by atoms with Crippen molar-refractivity contribution in [3.63, 3.8) is 0 Å². The van der Waals surface area contributed by atoms with E-state index in [0.29, 0.717) is 0 Å². The van der Waals surface area contributed by atoms with Crippen LogP contribution in [0.15, 0.2) is 41.3 Å². The first-order chi connectivity index (χ1) is 6.77. The summed E-state index contributed by atoms with van der Waals surface area (Å²) < 4.78 is 4.86. The molecule has 2 aromatic heterocycles. The smallest absolute Gasteiger partial charge is 1.00 e. The first-order valence-corrected chi connectivity index (χ1v) is 3.99. The van der Waals surface area contributed by atoms with Crippen LogP contribution in [0.4, 0.5) is 0 Å². The van der Waals surface area contributed by atoms with Crippen LogP contribution in [-0.2, 0) is 0 Å². The molecule has 0 saturated carbocycles. The van der Waals surface area contributed by atoms with E-state index in [-0.39, 0.29) is 26.0 Å². The Hall–Kier alpha value is -1.50. The molecule has 0 aliphatic heterocycles. The molecule has 0 spiro atoms. The minimum Gasteiger partial charge on any atom is -1.00 e. The molecule has 2 aromatic rings. The molecule has 0 radical (unpaired) electrons. The van der Waals surface area contributed by atoms with Gasteiger partial charge >= 0.3 is 24.8 Å². The summed E-state index contributed by atoms with van der Waals surface area (Å²) in [6.07, 6.45) is 4.70. The van der Waals surface area contributed by atoms with Gasteiger partial charge in [-0.3, -0.25) is 4.98 Å². The average molecular weight is 197 g/mol. The standard InChI is InChI=1S/C10H7NO3.Li.H/c12-10(13)9-5-8(6-14-9)7-1-3-11-4-2-7;;/h1-6H,(H,12,13);;/q;+1;-1. The minimum absolute atomic E-state index is 0. The third-order valence-electron chi connectivity index (χ3n) is 1.82. The molecule has 0 aliphatic rings. The van der Waals surface area contributed by atoms with Crippen molar-refractivity contribution in [3.8, 4) is 11.1 Å². The summed E-state index contributed by atoms with van der Waals surface area (Å²) in [6.45, 7) is 0. The number of carbonyl (C=O) groups is 1. The number of aromatic carboxylic acids is 1. The Labute approximate surface area is 99.6 Å². The number of hydrogen-bond donors (Lipinski definition) is 1. The fourth-order valence-electron chi connectivity index (χ4n) is 1.14. The summed E-state index contributed by atoms with van der Waals surface area (Å²) in [6, 6.07) is 5.06. The molecule has 0 saturated heterocycles. The van der Waals surface area contributed by atoms with Gasteiger partial charge in [-0.05, 0) is 23.8 Å². The molecule has 2 heterocycles. The van der Waals surface area contributed by atoms with Gasteiger partial charge in [-0.1, -0.05) is 0 Å². The van der Waals surface area contributed by atoms with Crippen molar-refractivity contribution in [3.05, 3.63) is 42.6 Å². The molecule has 15 heavy (non-hydrogen) atoms. The van der Waals surface area contributed by atoms with Gasteiger partial charge in [-0.25, -0.2) is 4.79 Å². The van der Waals surface area contributed by atoms with E-state index in [9.17, 15) is 4.79 Å². The quantitative estimate of drug-likeness (QED) is 0.637. The maximum Gasteiger partial charge on any atom is 1.00 e. The third-order valence-corrected chi connectivity index (χ3v) is 1.82. The van der Waals surface area contributed by atoms with Crippen LogP contribution in [-0.4, -0.2) is 16.1 Å². The van der Waals surface area contributed by atoms with Gasteiger partial charge in [0.15, 0.2) is 0 Å². The van der Waals surface area contributed by atoms with Gasteiger partial charge in [0, 0.05) is 18.0 Å². The SMILES string of the molecule is O=C(O)c1cc(-c2ccncc2)co1.[H-].[Li+]. The first kappa shape index (κ1) is 11.6. The Kier molecular flexibility index (Phi) is 3.72. The van der Waals surface area contributed by atoms with Crippen molar-refractivity contribution in [1.29, 1.82) is 0 Å². The molecule has 0 unspecified atom stereocenters. The molecule has 1 N–H and O–H groups in total. The average Bonchev–Trinajstić information content (AvgIpc) is 2.68. The summed E-state index contributed by atoms with van der Waals surface area (Å²) in [5, 5.41) is 8.64. The van der Waals surface area contributed by atoms with Crippen molar-refractivity contribution in [2.45, 2.75) is 0 Å². The van der Waals surface area contributed by atoms with Gasteiger partial charge in [0.1, 0.15) is 0 Å². The molecule has 0 amide bonds. The van der Waals surface area contributed by atoms with E-state index < -0.39 is 5.97 Å². The molecule has 0 bridgehead atoms. The van der Waals surface area contributed by atoms with Gasteiger partial charge in [0.25, 0.3) is 0 Å². The second kappa shape index (κ2) is 4.83. The summed E-state index contributed by atoms with van der Waals surface area (Å²) in [5.41, 5.74) is 1.63. The molecule has 4 nitrogen and oxygen atoms in total. The molecular formula is C10H8LiNO3. The Morgan fingerprint density at radius 2 is 2.00 bits per heavy atom. The molecule has 0 aliphatic carbocycles. The Morgan fingerprint density at radius 3 is 2.53 bits per heavy atom. The van der Waals surface area contributed by atoms with E-state index in [1.165, 1.54) is 12.3 Å². The van der Waals surface area contributed by atoms with Crippen LogP contribution >= 0.6 is 0 Å². The van der Waals surface area contributed by atoms with Gasteiger partial charge < -0.3 is 11.0 Å². The zero-order chi connectivity index (χ0) is 9.97. The van der Waals surface area contributed by atoms with E-state index in [2.05, 4.69) is 4.98 Å². The van der Waals surface area contributed by atoms with Gasteiger partial charge in [-0.2, -0.15) is 0 Å². The van der Waals surface area contributed by atoms with Crippen molar-refractivity contribution in [1.82, 2.24) is 4.98 Å². The Bertz CT molecular complexity index is 458. The van der Waals surface area contributed by atoms with Crippen LogP contribution in [0.25, 0.3) is 11.1 Å². The summed E-state index contributed by atoms with van der Waals surface area (Å²) in [5.74, 6) is -1.12. The predicted octanol–water partition coefficient (Wildman–Crippen LogP) is -0.844. The number of furan rings is 1. The number of carboxylic acids is 1. The molecular weight excluding hydrogens is 189 g/mol. The Balaban J connectivity index is 0.00000112. The van der Waals surface area contributed by atoms with E-state index in [1.807, 2.05) is 0 Å². The number of hydrogen-bond acceptors (Lipinski definition) is 3. The summed E-state index contributed by atoms with van der Waals surface area (Å²) >= 11 is 0. The van der Waals surface area contributed by atoms with Crippen LogP contribution in [0.1, 0.15) is 12.0 Å². The number of aromatic nitrogens is 1. The maximum absolute atomic E-state index is 10.5. The number of carboxylic acid groups (broad SMARTS) is 1. The van der Waals surface area contributed by atoms with Crippen molar-refractivity contribution >= 4 is 5.97 Å². The zero-order valence-electron chi connectivity index (χ0n) is 9.18. The van der Waals surface area contributed by atoms with Crippen molar-refractivity contribution in [2.24, 2.45) is 0 Å². The van der Waals surface area contributed by atoms with Crippen LogP contribution in [0.3, 0.4) is 0 Å². The largest absolute Gasteiger partial charge is 1.00 e.